The number of methoxy groups -OCH3 is 3. The number of hydrogen-bond donors (Lipinski definition) is 0. The molecule has 0 saturated carbocycles. The first-order valence-electron chi connectivity index (χ1n) is 14.4. The quantitative estimate of drug-likeness (QED) is 0.270. The number of carbonyl (C=O) groups is 2. The van der Waals surface area contributed by atoms with Gasteiger partial charge in [-0.25, -0.2) is 9.59 Å². The Hall–Kier alpha value is -3.77. The molecule has 1 aliphatic heterocycles. The number of fused-ring (bicyclic) bond motifs is 1. The molecular weight excluding hydrogens is 579 g/mol. The summed E-state index contributed by atoms with van der Waals surface area (Å²) >= 11 is 0. The lowest BCUT2D eigenvalue weighted by atomic mass is 9.97. The molecule has 0 aliphatic carbocycles. The normalized spacial score (nSPS) is 16.6. The van der Waals surface area contributed by atoms with Gasteiger partial charge in [-0.2, -0.15) is 13.2 Å². The molecule has 0 spiro atoms. The number of rotatable bonds is 8. The van der Waals surface area contributed by atoms with Crippen molar-refractivity contribution < 1.29 is 41.7 Å². The molecule has 1 aliphatic rings. The van der Waals surface area contributed by atoms with Gasteiger partial charge in [0.15, 0.2) is 0 Å². The summed E-state index contributed by atoms with van der Waals surface area (Å²) in [6.45, 7) is 8.80. The van der Waals surface area contributed by atoms with Crippen molar-refractivity contribution in [3.63, 3.8) is 0 Å². The van der Waals surface area contributed by atoms with E-state index in [1.807, 2.05) is 19.1 Å². The molecule has 0 N–H and O–H groups in total. The minimum absolute atomic E-state index is 0.123. The fraction of sp³-hybridized carbons (Fsp3) is 0.500. The minimum Gasteiger partial charge on any atom is -0.496 e. The van der Waals surface area contributed by atoms with Gasteiger partial charge in [0.05, 0.1) is 33.3 Å². The number of halogens is 3. The molecule has 44 heavy (non-hydrogen) atoms. The van der Waals surface area contributed by atoms with Crippen LogP contribution in [-0.4, -0.2) is 85.7 Å². The number of benzene rings is 2. The predicted molar refractivity (Wildman–Crippen MR) is 159 cm³/mol. The summed E-state index contributed by atoms with van der Waals surface area (Å²) in [7, 11) is 4.31. The molecule has 0 bridgehead atoms. The van der Waals surface area contributed by atoms with Crippen molar-refractivity contribution in [2.45, 2.75) is 58.5 Å². The molecular formula is C32H40F3N3O6. The topological polar surface area (TPSA) is 82.5 Å². The lowest BCUT2D eigenvalue weighted by Gasteiger charge is -2.42. The van der Waals surface area contributed by atoms with Crippen LogP contribution >= 0.6 is 0 Å². The van der Waals surface area contributed by atoms with Gasteiger partial charge in [0, 0.05) is 55.9 Å². The lowest BCUT2D eigenvalue weighted by Crippen LogP contribution is -2.48. The van der Waals surface area contributed by atoms with Gasteiger partial charge < -0.3 is 18.9 Å². The summed E-state index contributed by atoms with van der Waals surface area (Å²) in [6.07, 6.45) is -3.99. The van der Waals surface area contributed by atoms with Gasteiger partial charge in [0.2, 0.25) is 0 Å². The number of esters is 1. The van der Waals surface area contributed by atoms with Crippen LogP contribution in [0.25, 0.3) is 10.9 Å². The molecule has 240 valence electrons. The molecule has 1 fully saturated rings. The molecule has 0 amide bonds. The van der Waals surface area contributed by atoms with Crippen LogP contribution in [0.4, 0.5) is 18.0 Å². The number of aryl methyl sites for hydroxylation is 1. The highest BCUT2D eigenvalue weighted by molar-refractivity contribution is 5.95. The number of piperazine rings is 1. The van der Waals surface area contributed by atoms with Gasteiger partial charge in [-0.05, 0) is 63.1 Å². The maximum Gasteiger partial charge on any atom is 0.419 e. The summed E-state index contributed by atoms with van der Waals surface area (Å²) in [5.41, 5.74) is 2.70. The van der Waals surface area contributed by atoms with Crippen LogP contribution in [0.5, 0.6) is 11.5 Å². The molecule has 0 radical (unpaired) electrons. The average Bonchev–Trinajstić information content (AvgIpc) is 3.42. The van der Waals surface area contributed by atoms with Gasteiger partial charge in [0.25, 0.3) is 0 Å². The van der Waals surface area contributed by atoms with Crippen LogP contribution in [0, 0.1) is 6.92 Å². The summed E-state index contributed by atoms with van der Waals surface area (Å²) in [5, 5.41) is 0.810. The van der Waals surface area contributed by atoms with Gasteiger partial charge in [-0.1, -0.05) is 6.07 Å². The Bertz CT molecular complexity index is 1510. The zero-order valence-electron chi connectivity index (χ0n) is 26.2. The smallest absolute Gasteiger partial charge is 0.419 e. The number of nitrogens with zero attached hydrogens (tertiary/aromatic N) is 3. The van der Waals surface area contributed by atoms with Crippen LogP contribution in [0.1, 0.15) is 60.3 Å². The third-order valence-electron chi connectivity index (χ3n) is 7.70. The largest absolute Gasteiger partial charge is 0.496 e. The Morgan fingerprint density at radius 2 is 1.68 bits per heavy atom. The Balaban J connectivity index is 1.75. The van der Waals surface area contributed by atoms with Crippen molar-refractivity contribution in [1.82, 2.24) is 14.4 Å². The van der Waals surface area contributed by atoms with E-state index in [4.69, 9.17) is 18.9 Å². The molecule has 1 atom stereocenters. The second kappa shape index (κ2) is 13.1. The summed E-state index contributed by atoms with van der Waals surface area (Å²) in [5.74, 6) is 0.391. The predicted octanol–water partition coefficient (Wildman–Crippen LogP) is 6.35. The number of alkyl halides is 3. The molecule has 1 aromatic heterocycles. The standard InChI is InChI=1S/C32H40F3N3O6/c1-20-16-26(41-5)24(22-10-12-38(28(20)22)30(40)44-31(2,3)4)18-37-15-14-36(13-11-32(33,34)35)19-25(37)21-8-9-23(29(39)43-7)27(17-21)42-6/h8-10,12,16-17,25H,11,13-15,18-19H2,1-7H3/t25-/m0/s1. The molecule has 9 nitrogen and oxygen atoms in total. The highest BCUT2D eigenvalue weighted by Gasteiger charge is 2.34. The third-order valence-corrected chi connectivity index (χ3v) is 7.70. The Morgan fingerprint density at radius 3 is 2.30 bits per heavy atom. The lowest BCUT2D eigenvalue weighted by molar-refractivity contribution is -0.139. The van der Waals surface area contributed by atoms with Crippen LogP contribution < -0.4 is 9.47 Å². The molecule has 12 heteroatoms. The zero-order valence-corrected chi connectivity index (χ0v) is 26.2. The first-order chi connectivity index (χ1) is 20.7. The molecule has 1 saturated heterocycles. The molecule has 2 heterocycles. The number of carbonyl (C=O) groups excluding carboxylic acids is 2. The Morgan fingerprint density at radius 1 is 0.977 bits per heavy atom. The number of aromatic nitrogens is 1. The maximum absolute atomic E-state index is 13.1. The average molecular weight is 620 g/mol. The van der Waals surface area contributed by atoms with Crippen molar-refractivity contribution in [2.75, 3.05) is 47.5 Å². The van der Waals surface area contributed by atoms with Gasteiger partial charge in [-0.3, -0.25) is 14.4 Å². The summed E-state index contributed by atoms with van der Waals surface area (Å²) in [4.78, 5) is 29.3. The third kappa shape index (κ3) is 7.47. The second-order valence-corrected chi connectivity index (χ2v) is 11.9. The summed E-state index contributed by atoms with van der Waals surface area (Å²) < 4.78 is 62.6. The van der Waals surface area contributed by atoms with Crippen LogP contribution in [0.3, 0.4) is 0 Å². The van der Waals surface area contributed by atoms with E-state index in [9.17, 15) is 22.8 Å². The van der Waals surface area contributed by atoms with Gasteiger partial charge in [-0.15, -0.1) is 0 Å². The fourth-order valence-corrected chi connectivity index (χ4v) is 5.64. The Kier molecular flexibility index (Phi) is 9.84. The monoisotopic (exact) mass is 619 g/mol. The van der Waals surface area contributed by atoms with Crippen molar-refractivity contribution in [3.05, 3.63) is 58.8 Å². The number of hydrogen-bond acceptors (Lipinski definition) is 8. The first-order valence-corrected chi connectivity index (χ1v) is 14.4. The molecule has 3 aromatic rings. The fourth-order valence-electron chi connectivity index (χ4n) is 5.64. The van der Waals surface area contributed by atoms with E-state index in [-0.39, 0.29) is 18.2 Å². The van der Waals surface area contributed by atoms with E-state index >= 15 is 0 Å². The highest BCUT2D eigenvalue weighted by atomic mass is 19.4. The first kappa shape index (κ1) is 33.1. The maximum atomic E-state index is 13.1. The minimum atomic E-state index is -4.26. The summed E-state index contributed by atoms with van der Waals surface area (Å²) in [6, 6.07) is 8.51. The van der Waals surface area contributed by atoms with Gasteiger partial charge >= 0.3 is 18.2 Å². The van der Waals surface area contributed by atoms with Crippen LogP contribution in [-0.2, 0) is 16.0 Å². The highest BCUT2D eigenvalue weighted by Crippen LogP contribution is 2.37. The van der Waals surface area contributed by atoms with E-state index in [0.717, 1.165) is 22.1 Å². The van der Waals surface area contributed by atoms with E-state index in [1.165, 1.54) is 18.8 Å². The van der Waals surface area contributed by atoms with Crippen molar-refractivity contribution in [2.24, 2.45) is 0 Å². The Labute approximate surface area is 255 Å². The van der Waals surface area contributed by atoms with Crippen molar-refractivity contribution >= 4 is 23.0 Å². The molecule has 4 rings (SSSR count). The zero-order chi connectivity index (χ0) is 32.4. The SMILES string of the molecule is COC(=O)c1ccc([C@@H]2CN(CCC(F)(F)F)CCN2Cc2c(OC)cc(C)c3c2ccn3C(=O)OC(C)(C)C)cc1OC. The van der Waals surface area contributed by atoms with Crippen molar-refractivity contribution in [3.8, 4) is 11.5 Å². The second-order valence-electron chi connectivity index (χ2n) is 11.9. The van der Waals surface area contributed by atoms with Crippen LogP contribution in [0.2, 0.25) is 0 Å². The number of ether oxygens (including phenoxy) is 4. The van der Waals surface area contributed by atoms with E-state index < -0.39 is 30.3 Å². The molecule has 2 aromatic carbocycles. The van der Waals surface area contributed by atoms with E-state index in [1.54, 1.807) is 57.2 Å². The van der Waals surface area contributed by atoms with Crippen molar-refractivity contribution in [1.29, 1.82) is 0 Å². The van der Waals surface area contributed by atoms with Crippen LogP contribution in [0.15, 0.2) is 36.5 Å². The van der Waals surface area contributed by atoms with Gasteiger partial charge in [0.1, 0.15) is 22.7 Å². The van der Waals surface area contributed by atoms with E-state index in [2.05, 4.69) is 4.90 Å². The van der Waals surface area contributed by atoms with E-state index in [0.29, 0.717) is 43.2 Å². The molecule has 0 unspecified atom stereocenters.